The second-order valence-electron chi connectivity index (χ2n) is 6.23. The van der Waals surface area contributed by atoms with Crippen LogP contribution in [0.15, 0.2) is 57.5 Å². The monoisotopic (exact) mass is 389 g/mol. The third kappa shape index (κ3) is 2.84. The molecule has 3 aromatic rings. The van der Waals surface area contributed by atoms with E-state index in [-0.39, 0.29) is 12.1 Å². The van der Waals surface area contributed by atoms with Crippen LogP contribution < -0.4 is 0 Å². The van der Waals surface area contributed by atoms with Crippen LogP contribution in [0.5, 0.6) is 0 Å². The molecule has 0 saturated carbocycles. The van der Waals surface area contributed by atoms with Crippen LogP contribution in [-0.4, -0.2) is 28.2 Å². The van der Waals surface area contributed by atoms with E-state index in [9.17, 15) is 14.9 Å². The first-order valence-electron chi connectivity index (χ1n) is 8.68. The zero-order valence-corrected chi connectivity index (χ0v) is 16.0. The molecule has 7 heteroatoms. The van der Waals surface area contributed by atoms with Gasteiger partial charge in [-0.15, -0.1) is 11.3 Å². The third-order valence-corrected chi connectivity index (χ3v) is 5.51. The van der Waals surface area contributed by atoms with E-state index in [4.69, 9.17) is 4.42 Å². The maximum atomic E-state index is 12.7. The molecule has 1 aliphatic rings. The molecule has 138 valence electrons. The van der Waals surface area contributed by atoms with Crippen LogP contribution in [0.3, 0.4) is 0 Å². The zero-order chi connectivity index (χ0) is 19.8. The second kappa shape index (κ2) is 6.91. The molecule has 3 heterocycles. The molecule has 0 bridgehead atoms. The molecule has 0 aliphatic carbocycles. The average molecular weight is 389 g/mol. The van der Waals surface area contributed by atoms with Crippen molar-refractivity contribution in [2.24, 2.45) is 0 Å². The summed E-state index contributed by atoms with van der Waals surface area (Å²) in [5.41, 5.74) is 2.25. The number of carbonyl (C=O) groups excluding carboxylic acids is 2. The van der Waals surface area contributed by atoms with Crippen molar-refractivity contribution in [3.05, 3.63) is 58.0 Å². The highest BCUT2D eigenvalue weighted by Crippen LogP contribution is 2.33. The number of nitrogens with zero attached hydrogens (tertiary/aromatic N) is 3. The number of likely N-dealkylation sites (N-methyl/N-ethyl adjacent to an activating group) is 1. The van der Waals surface area contributed by atoms with Gasteiger partial charge in [0, 0.05) is 28.6 Å². The van der Waals surface area contributed by atoms with Gasteiger partial charge >= 0.3 is 0 Å². The van der Waals surface area contributed by atoms with Gasteiger partial charge in [0.25, 0.3) is 11.8 Å². The van der Waals surface area contributed by atoms with E-state index in [2.05, 4.69) is 4.98 Å². The second-order valence-corrected chi connectivity index (χ2v) is 7.29. The first-order valence-corrected chi connectivity index (χ1v) is 9.50. The number of hydrogen-bond acceptors (Lipinski definition) is 6. The Balaban J connectivity index is 1.76. The molecule has 0 atom stereocenters. The first-order chi connectivity index (χ1) is 13.5. The third-order valence-electron chi connectivity index (χ3n) is 4.56. The van der Waals surface area contributed by atoms with E-state index in [0.717, 1.165) is 20.2 Å². The van der Waals surface area contributed by atoms with Crippen molar-refractivity contribution in [2.75, 3.05) is 6.54 Å². The number of hydrogen-bond donors (Lipinski definition) is 0. The Kier molecular flexibility index (Phi) is 4.41. The number of oxazole rings is 1. The van der Waals surface area contributed by atoms with Gasteiger partial charge in [0.15, 0.2) is 10.4 Å². The highest BCUT2D eigenvalue weighted by Gasteiger charge is 2.34. The van der Waals surface area contributed by atoms with Crippen LogP contribution in [-0.2, 0) is 9.59 Å². The molecular formula is C21H15N3O3S. The summed E-state index contributed by atoms with van der Waals surface area (Å²) in [7, 11) is 0. The fourth-order valence-electron chi connectivity index (χ4n) is 3.09. The summed E-state index contributed by atoms with van der Waals surface area (Å²) in [6, 6.07) is 13.3. The lowest BCUT2D eigenvalue weighted by atomic mass is 9.95. The molecule has 0 saturated heterocycles. The van der Waals surface area contributed by atoms with Gasteiger partial charge in [-0.25, -0.2) is 0 Å². The maximum absolute atomic E-state index is 12.7. The predicted molar refractivity (Wildman–Crippen MR) is 106 cm³/mol. The molecule has 2 aromatic heterocycles. The smallest absolute Gasteiger partial charge is 0.271 e. The lowest BCUT2D eigenvalue weighted by Gasteiger charge is -2.26. The minimum Gasteiger partial charge on any atom is -0.435 e. The summed E-state index contributed by atoms with van der Waals surface area (Å²) in [5.74, 6) is -0.397. The molecule has 0 spiro atoms. The normalized spacial score (nSPS) is 16.3. The zero-order valence-electron chi connectivity index (χ0n) is 15.2. The van der Waals surface area contributed by atoms with Gasteiger partial charge in [-0.05, 0) is 37.6 Å². The van der Waals surface area contributed by atoms with Crippen molar-refractivity contribution in [1.82, 2.24) is 9.88 Å². The predicted octanol–water partition coefficient (Wildman–Crippen LogP) is 4.17. The number of thiophene rings is 1. The van der Waals surface area contributed by atoms with Crippen LogP contribution in [0.2, 0.25) is 0 Å². The van der Waals surface area contributed by atoms with E-state index < -0.39 is 11.8 Å². The number of carbonyl (C=O) groups is 2. The van der Waals surface area contributed by atoms with Crippen molar-refractivity contribution in [3.8, 4) is 17.5 Å². The van der Waals surface area contributed by atoms with E-state index >= 15 is 0 Å². The number of benzene rings is 1. The lowest BCUT2D eigenvalue weighted by Crippen LogP contribution is -2.42. The average Bonchev–Trinajstić information content (AvgIpc) is 3.25. The van der Waals surface area contributed by atoms with Crippen molar-refractivity contribution in [2.45, 2.75) is 13.8 Å². The van der Waals surface area contributed by atoms with Crippen LogP contribution in [0.4, 0.5) is 0 Å². The summed E-state index contributed by atoms with van der Waals surface area (Å²) in [6.45, 7) is 3.54. The van der Waals surface area contributed by atoms with E-state index in [1.54, 1.807) is 19.9 Å². The Morgan fingerprint density at radius 2 is 2.00 bits per heavy atom. The quantitative estimate of drug-likeness (QED) is 0.496. The van der Waals surface area contributed by atoms with Crippen molar-refractivity contribution < 1.29 is 14.0 Å². The molecule has 6 nitrogen and oxygen atoms in total. The highest BCUT2D eigenvalue weighted by molar-refractivity contribution is 7.19. The van der Waals surface area contributed by atoms with Gasteiger partial charge in [-0.3, -0.25) is 14.5 Å². The molecule has 0 N–H and O–H groups in total. The molecule has 0 radical (unpaired) electrons. The number of imide groups is 1. The Hall–Kier alpha value is -3.50. The van der Waals surface area contributed by atoms with E-state index in [1.807, 2.05) is 42.5 Å². The summed E-state index contributed by atoms with van der Waals surface area (Å²) < 4.78 is 5.84. The van der Waals surface area contributed by atoms with Crippen molar-refractivity contribution >= 4 is 39.6 Å². The summed E-state index contributed by atoms with van der Waals surface area (Å²) >= 11 is 1.39. The number of fused-ring (bicyclic) bond motifs is 1. The molecule has 0 unspecified atom stereocenters. The van der Waals surface area contributed by atoms with Gasteiger partial charge in [-0.1, -0.05) is 18.2 Å². The topological polar surface area (TPSA) is 87.2 Å². The van der Waals surface area contributed by atoms with Gasteiger partial charge < -0.3 is 4.42 Å². The number of rotatable bonds is 3. The molecule has 1 aromatic carbocycles. The molecule has 0 fully saturated rings. The SMILES string of the molecule is CCN1C(=O)C(C#N)=C(C)/C(=C/c2cc3oc(-c4ccccc4)nc3s2)C1=O. The van der Waals surface area contributed by atoms with Gasteiger partial charge in [-0.2, -0.15) is 10.2 Å². The van der Waals surface area contributed by atoms with Gasteiger partial charge in [0.2, 0.25) is 5.89 Å². The molecule has 4 rings (SSSR count). The van der Waals surface area contributed by atoms with Gasteiger partial charge in [0.05, 0.1) is 0 Å². The van der Waals surface area contributed by atoms with E-state index in [1.165, 1.54) is 11.3 Å². The highest BCUT2D eigenvalue weighted by atomic mass is 32.1. The fourth-order valence-corrected chi connectivity index (χ4v) is 3.98. The Morgan fingerprint density at radius 1 is 1.25 bits per heavy atom. The van der Waals surface area contributed by atoms with Gasteiger partial charge in [0.1, 0.15) is 11.6 Å². The number of amides is 2. The number of nitriles is 1. The van der Waals surface area contributed by atoms with Crippen LogP contribution in [0, 0.1) is 11.3 Å². The minimum atomic E-state index is -0.543. The molecular weight excluding hydrogens is 374 g/mol. The minimum absolute atomic E-state index is 0.00238. The Labute approximate surface area is 165 Å². The standard InChI is InChI=1S/C21H15N3O3S/c1-3-24-20(25)15(12(2)16(11-22)21(24)26)9-14-10-17-19(28-14)23-18(27-17)13-7-5-4-6-8-13/h4-10H,3H2,1-2H3/b15-9-. The molecule has 28 heavy (non-hydrogen) atoms. The van der Waals surface area contributed by atoms with Crippen molar-refractivity contribution in [1.29, 1.82) is 5.26 Å². The lowest BCUT2D eigenvalue weighted by molar-refractivity contribution is -0.140. The van der Waals surface area contributed by atoms with Crippen LogP contribution in [0.25, 0.3) is 27.9 Å². The summed E-state index contributed by atoms with van der Waals surface area (Å²) in [6.07, 6.45) is 1.69. The summed E-state index contributed by atoms with van der Waals surface area (Å²) in [5, 5.41) is 9.32. The molecule has 2 amide bonds. The maximum Gasteiger partial charge on any atom is 0.271 e. The largest absolute Gasteiger partial charge is 0.435 e. The Bertz CT molecular complexity index is 1180. The van der Waals surface area contributed by atoms with Crippen LogP contribution >= 0.6 is 11.3 Å². The number of aromatic nitrogens is 1. The molecule has 1 aliphatic heterocycles. The van der Waals surface area contributed by atoms with Crippen LogP contribution in [0.1, 0.15) is 18.7 Å². The summed E-state index contributed by atoms with van der Waals surface area (Å²) in [4.78, 5) is 32.0. The van der Waals surface area contributed by atoms with Crippen molar-refractivity contribution in [3.63, 3.8) is 0 Å². The Morgan fingerprint density at radius 3 is 2.64 bits per heavy atom. The first kappa shape index (κ1) is 17.9. The van der Waals surface area contributed by atoms with E-state index in [0.29, 0.717) is 22.6 Å². The fraction of sp³-hybridized carbons (Fsp3) is 0.143.